The summed E-state index contributed by atoms with van der Waals surface area (Å²) in [6.07, 6.45) is 0.773. The number of pyridine rings is 1. The summed E-state index contributed by atoms with van der Waals surface area (Å²) in [5.74, 6) is 0.241. The van der Waals surface area contributed by atoms with Crippen molar-refractivity contribution in [3.63, 3.8) is 0 Å². The molecule has 0 fully saturated rings. The first-order chi connectivity index (χ1) is 14.7. The molecule has 2 heterocycles. The largest absolute Gasteiger partial charge is 0.508 e. The minimum absolute atomic E-state index is 0.0920. The van der Waals surface area contributed by atoms with Crippen molar-refractivity contribution in [2.45, 2.75) is 45.2 Å². The number of benzene rings is 2. The Morgan fingerprint density at radius 3 is 2.65 bits per heavy atom. The highest BCUT2D eigenvalue weighted by atomic mass is 16.3. The van der Waals surface area contributed by atoms with Gasteiger partial charge >= 0.3 is 5.69 Å². The predicted octanol–water partition coefficient (Wildman–Crippen LogP) is 3.44. The molecule has 162 valence electrons. The lowest BCUT2D eigenvalue weighted by Gasteiger charge is -2.29. The second-order valence-electron chi connectivity index (χ2n) is 8.83. The lowest BCUT2D eigenvalue weighted by atomic mass is 9.94. The molecular weight excluding hydrogens is 392 g/mol. The molecule has 7 heteroatoms. The maximum Gasteiger partial charge on any atom is 0.326 e. The molecular formula is C24H28N4O3. The van der Waals surface area contributed by atoms with E-state index in [9.17, 15) is 14.7 Å². The fraction of sp³-hybridized carbons (Fsp3) is 0.333. The molecule has 7 nitrogen and oxygen atoms in total. The Hall–Kier alpha value is -3.32. The highest BCUT2D eigenvalue weighted by Gasteiger charge is 2.21. The van der Waals surface area contributed by atoms with Crippen LogP contribution in [0.4, 0.5) is 0 Å². The Kier molecular flexibility index (Phi) is 5.45. The third-order valence-electron chi connectivity index (χ3n) is 5.92. The van der Waals surface area contributed by atoms with Gasteiger partial charge in [0.2, 0.25) is 5.56 Å². The topological polar surface area (TPSA) is 103 Å². The van der Waals surface area contributed by atoms with Crippen LogP contribution in [0.2, 0.25) is 0 Å². The van der Waals surface area contributed by atoms with E-state index in [1.807, 2.05) is 24.3 Å². The Labute approximate surface area is 179 Å². The summed E-state index contributed by atoms with van der Waals surface area (Å²) in [7, 11) is 0. The predicted molar refractivity (Wildman–Crippen MR) is 124 cm³/mol. The molecule has 0 aliphatic carbocycles. The summed E-state index contributed by atoms with van der Waals surface area (Å²) in [5, 5.41) is 14.6. The van der Waals surface area contributed by atoms with Crippen LogP contribution in [0, 0.1) is 0 Å². The van der Waals surface area contributed by atoms with Crippen LogP contribution in [0.1, 0.15) is 38.7 Å². The molecule has 0 radical (unpaired) electrons. The standard InChI is InChI=1S/C24H28N4O3/c1-15(18-12-16(29)13-20-17(18)8-9-22(30)26-20)14-25-24(2,3)10-11-28-21-7-5-4-6-19(21)27-23(28)31/h4-9,12-13,15,25,29H,10-11,14H2,1-3H3,(H,26,30)(H,27,31). The first-order valence-corrected chi connectivity index (χ1v) is 10.5. The van der Waals surface area contributed by atoms with Gasteiger partial charge in [-0.2, -0.15) is 0 Å². The van der Waals surface area contributed by atoms with Gasteiger partial charge in [-0.05, 0) is 56.0 Å². The quantitative estimate of drug-likeness (QED) is 0.368. The molecule has 0 bridgehead atoms. The van der Waals surface area contributed by atoms with E-state index in [4.69, 9.17) is 0 Å². The van der Waals surface area contributed by atoms with Gasteiger partial charge < -0.3 is 20.4 Å². The highest BCUT2D eigenvalue weighted by Crippen LogP contribution is 2.28. The van der Waals surface area contributed by atoms with Crippen LogP contribution in [-0.4, -0.2) is 31.7 Å². The van der Waals surface area contributed by atoms with E-state index in [1.54, 1.807) is 22.8 Å². The smallest absolute Gasteiger partial charge is 0.326 e. The van der Waals surface area contributed by atoms with Gasteiger partial charge in [-0.15, -0.1) is 0 Å². The number of hydrogen-bond acceptors (Lipinski definition) is 4. The van der Waals surface area contributed by atoms with Crippen LogP contribution in [0.5, 0.6) is 5.75 Å². The summed E-state index contributed by atoms with van der Waals surface area (Å²) >= 11 is 0. The molecule has 4 aromatic rings. The average molecular weight is 421 g/mol. The van der Waals surface area contributed by atoms with Gasteiger partial charge in [0, 0.05) is 36.1 Å². The third-order valence-corrected chi connectivity index (χ3v) is 5.92. The maximum absolute atomic E-state index is 12.3. The van der Waals surface area contributed by atoms with Crippen LogP contribution in [0.15, 0.2) is 58.1 Å². The van der Waals surface area contributed by atoms with Crippen molar-refractivity contribution in [3.8, 4) is 5.75 Å². The number of aromatic amines is 2. The number of fused-ring (bicyclic) bond motifs is 2. The van der Waals surface area contributed by atoms with Crippen LogP contribution in [0.25, 0.3) is 21.9 Å². The van der Waals surface area contributed by atoms with Crippen molar-refractivity contribution in [1.82, 2.24) is 19.9 Å². The summed E-state index contributed by atoms with van der Waals surface area (Å²) in [6, 6.07) is 14.3. The SMILES string of the molecule is CC(CNC(C)(C)CCn1c(=O)[nH]c2ccccc21)c1cc(O)cc2[nH]c(=O)ccc12. The molecule has 0 saturated carbocycles. The highest BCUT2D eigenvalue weighted by molar-refractivity contribution is 5.84. The molecule has 0 amide bonds. The average Bonchev–Trinajstić information content (AvgIpc) is 3.04. The minimum Gasteiger partial charge on any atom is -0.508 e. The molecule has 0 aliphatic rings. The van der Waals surface area contributed by atoms with E-state index in [0.29, 0.717) is 18.6 Å². The van der Waals surface area contributed by atoms with E-state index in [1.165, 1.54) is 6.07 Å². The summed E-state index contributed by atoms with van der Waals surface area (Å²) in [5.41, 5.74) is 2.88. The third kappa shape index (κ3) is 4.41. The molecule has 4 rings (SSSR count). The van der Waals surface area contributed by atoms with Crippen LogP contribution >= 0.6 is 0 Å². The molecule has 2 aromatic carbocycles. The van der Waals surface area contributed by atoms with Crippen LogP contribution < -0.4 is 16.6 Å². The fourth-order valence-corrected chi connectivity index (χ4v) is 4.04. The number of para-hydroxylation sites is 2. The van der Waals surface area contributed by atoms with Gasteiger partial charge in [-0.3, -0.25) is 9.36 Å². The Morgan fingerprint density at radius 2 is 1.84 bits per heavy atom. The number of rotatable bonds is 7. The zero-order chi connectivity index (χ0) is 22.2. The normalized spacial score (nSPS) is 13.1. The molecule has 31 heavy (non-hydrogen) atoms. The van der Waals surface area contributed by atoms with Gasteiger partial charge in [-0.1, -0.05) is 19.1 Å². The number of nitrogens with one attached hydrogen (secondary N) is 3. The first-order valence-electron chi connectivity index (χ1n) is 10.5. The number of aryl methyl sites for hydroxylation is 1. The van der Waals surface area contributed by atoms with Crippen molar-refractivity contribution in [3.05, 3.63) is 74.9 Å². The molecule has 1 atom stereocenters. The van der Waals surface area contributed by atoms with Gasteiger partial charge in [-0.25, -0.2) is 4.79 Å². The van der Waals surface area contributed by atoms with Crippen LogP contribution in [-0.2, 0) is 6.54 Å². The van der Waals surface area contributed by atoms with E-state index in [2.05, 4.69) is 36.1 Å². The number of nitrogens with zero attached hydrogens (tertiary/aromatic N) is 1. The van der Waals surface area contributed by atoms with Crippen molar-refractivity contribution < 1.29 is 5.11 Å². The zero-order valence-electron chi connectivity index (χ0n) is 18.0. The number of phenolic OH excluding ortho intramolecular Hbond substituents is 1. The van der Waals surface area contributed by atoms with E-state index < -0.39 is 0 Å². The number of H-pyrrole nitrogens is 2. The molecule has 2 aromatic heterocycles. The van der Waals surface area contributed by atoms with Gasteiger partial charge in [0.25, 0.3) is 0 Å². The lowest BCUT2D eigenvalue weighted by Crippen LogP contribution is -2.42. The summed E-state index contributed by atoms with van der Waals surface area (Å²) in [6.45, 7) is 7.63. The molecule has 0 aliphatic heterocycles. The molecule has 0 saturated heterocycles. The van der Waals surface area contributed by atoms with Gasteiger partial charge in [0.1, 0.15) is 5.75 Å². The Bertz CT molecular complexity index is 1350. The van der Waals surface area contributed by atoms with Crippen molar-refractivity contribution in [2.24, 2.45) is 0 Å². The summed E-state index contributed by atoms with van der Waals surface area (Å²) in [4.78, 5) is 29.6. The van der Waals surface area contributed by atoms with Gasteiger partial charge in [0.15, 0.2) is 0 Å². The minimum atomic E-state index is -0.201. The molecule has 4 N–H and O–H groups in total. The lowest BCUT2D eigenvalue weighted by molar-refractivity contribution is 0.335. The number of phenols is 1. The summed E-state index contributed by atoms with van der Waals surface area (Å²) < 4.78 is 1.78. The second-order valence-corrected chi connectivity index (χ2v) is 8.83. The Morgan fingerprint density at radius 1 is 1.06 bits per heavy atom. The maximum atomic E-state index is 12.3. The Balaban J connectivity index is 1.47. The van der Waals surface area contributed by atoms with Crippen LogP contribution in [0.3, 0.4) is 0 Å². The monoisotopic (exact) mass is 420 g/mol. The first kappa shape index (κ1) is 20.9. The number of imidazole rings is 1. The van der Waals surface area contributed by atoms with Crippen molar-refractivity contribution in [1.29, 1.82) is 0 Å². The van der Waals surface area contributed by atoms with Crippen molar-refractivity contribution >= 4 is 21.9 Å². The fourth-order valence-electron chi connectivity index (χ4n) is 4.04. The number of hydrogen-bond donors (Lipinski definition) is 4. The number of aromatic nitrogens is 3. The molecule has 1 unspecified atom stereocenters. The van der Waals surface area contributed by atoms with E-state index in [-0.39, 0.29) is 28.5 Å². The van der Waals surface area contributed by atoms with Gasteiger partial charge in [0.05, 0.1) is 16.6 Å². The van der Waals surface area contributed by atoms with E-state index in [0.717, 1.165) is 28.4 Å². The van der Waals surface area contributed by atoms with E-state index >= 15 is 0 Å². The second kappa shape index (κ2) is 8.07. The zero-order valence-corrected chi connectivity index (χ0v) is 18.0. The molecule has 0 spiro atoms. The number of aromatic hydroxyl groups is 1. The van der Waals surface area contributed by atoms with Crippen molar-refractivity contribution in [2.75, 3.05) is 6.54 Å².